The highest BCUT2D eigenvalue weighted by atomic mass is 16.1. The Balaban J connectivity index is 2.62. The van der Waals surface area contributed by atoms with E-state index in [0.717, 1.165) is 6.54 Å². The summed E-state index contributed by atoms with van der Waals surface area (Å²) < 4.78 is 0. The number of carbonyl (C=O) groups excluding carboxylic acids is 1. The van der Waals surface area contributed by atoms with Crippen LogP contribution in [-0.4, -0.2) is 18.5 Å². The maximum atomic E-state index is 11.3. The van der Waals surface area contributed by atoms with Crippen LogP contribution in [0.25, 0.3) is 0 Å². The van der Waals surface area contributed by atoms with E-state index >= 15 is 0 Å². The molecule has 1 aromatic carbocycles. The molecule has 0 heterocycles. The Labute approximate surface area is 97.2 Å². The highest BCUT2D eigenvalue weighted by Gasteiger charge is 2.08. The molecule has 0 aromatic heterocycles. The van der Waals surface area contributed by atoms with Gasteiger partial charge in [-0.05, 0) is 38.5 Å². The van der Waals surface area contributed by atoms with Crippen LogP contribution in [0.15, 0.2) is 24.3 Å². The molecule has 3 nitrogen and oxygen atoms in total. The third kappa shape index (κ3) is 4.03. The third-order valence-corrected chi connectivity index (χ3v) is 2.27. The maximum Gasteiger partial charge on any atom is 0.251 e. The lowest BCUT2D eigenvalue weighted by Crippen LogP contribution is -2.35. The van der Waals surface area contributed by atoms with Gasteiger partial charge in [-0.1, -0.05) is 12.1 Å². The van der Waals surface area contributed by atoms with Gasteiger partial charge in [-0.15, -0.1) is 0 Å². The first-order valence-corrected chi connectivity index (χ1v) is 5.48. The summed E-state index contributed by atoms with van der Waals surface area (Å²) in [6, 6.07) is 7.64. The minimum Gasteiger partial charge on any atom is -0.355 e. The van der Waals surface area contributed by atoms with Crippen LogP contribution in [0.1, 0.15) is 36.7 Å². The summed E-state index contributed by atoms with van der Waals surface area (Å²) in [6.45, 7) is 7.21. The molecule has 1 aromatic rings. The lowest BCUT2D eigenvalue weighted by molar-refractivity contribution is 0.0963. The number of amides is 1. The standard InChI is InChI=1S/C13H20N2O/c1-13(2,3)15-9-10-5-7-11(8-6-10)12(16)14-4/h5-8,15H,9H2,1-4H3,(H,14,16). The SMILES string of the molecule is CNC(=O)c1ccc(CNC(C)(C)C)cc1. The van der Waals surface area contributed by atoms with Crippen LogP contribution in [0.4, 0.5) is 0 Å². The van der Waals surface area contributed by atoms with Crippen molar-refractivity contribution in [3.63, 3.8) is 0 Å². The van der Waals surface area contributed by atoms with Crippen molar-refractivity contribution < 1.29 is 4.79 Å². The fourth-order valence-corrected chi connectivity index (χ4v) is 1.29. The number of nitrogens with one attached hydrogen (secondary N) is 2. The molecule has 0 unspecified atom stereocenters. The largest absolute Gasteiger partial charge is 0.355 e. The van der Waals surface area contributed by atoms with Crippen molar-refractivity contribution in [2.24, 2.45) is 0 Å². The summed E-state index contributed by atoms with van der Waals surface area (Å²) in [6.07, 6.45) is 0. The van der Waals surface area contributed by atoms with Gasteiger partial charge >= 0.3 is 0 Å². The third-order valence-electron chi connectivity index (χ3n) is 2.27. The first-order valence-electron chi connectivity index (χ1n) is 5.48. The molecule has 0 fully saturated rings. The average Bonchev–Trinajstić information content (AvgIpc) is 2.25. The van der Waals surface area contributed by atoms with Gasteiger partial charge < -0.3 is 10.6 Å². The minimum atomic E-state index is -0.0460. The molecule has 1 rings (SSSR count). The van der Waals surface area contributed by atoms with Gasteiger partial charge in [0.2, 0.25) is 0 Å². The molecular weight excluding hydrogens is 200 g/mol. The number of hydrogen-bond donors (Lipinski definition) is 2. The van der Waals surface area contributed by atoms with Crippen LogP contribution in [0.5, 0.6) is 0 Å². The molecule has 0 saturated carbocycles. The monoisotopic (exact) mass is 220 g/mol. The van der Waals surface area contributed by atoms with Crippen molar-refractivity contribution in [1.82, 2.24) is 10.6 Å². The summed E-state index contributed by atoms with van der Waals surface area (Å²) in [5, 5.41) is 6.00. The Morgan fingerprint density at radius 2 is 1.75 bits per heavy atom. The molecule has 3 heteroatoms. The molecule has 0 aliphatic carbocycles. The van der Waals surface area contributed by atoms with E-state index in [4.69, 9.17) is 0 Å². The molecule has 0 saturated heterocycles. The van der Waals surface area contributed by atoms with Gasteiger partial charge in [0.15, 0.2) is 0 Å². The molecule has 0 atom stereocenters. The highest BCUT2D eigenvalue weighted by molar-refractivity contribution is 5.93. The Hall–Kier alpha value is -1.35. The van der Waals surface area contributed by atoms with Crippen LogP contribution in [0, 0.1) is 0 Å². The molecule has 0 bridgehead atoms. The van der Waals surface area contributed by atoms with Crippen LogP contribution in [0.2, 0.25) is 0 Å². The lowest BCUT2D eigenvalue weighted by atomic mass is 10.1. The van der Waals surface area contributed by atoms with Gasteiger partial charge in [0, 0.05) is 24.7 Å². The van der Waals surface area contributed by atoms with Gasteiger partial charge in [0.25, 0.3) is 5.91 Å². The van der Waals surface area contributed by atoms with Crippen molar-refractivity contribution in [1.29, 1.82) is 0 Å². The summed E-state index contributed by atoms with van der Waals surface area (Å²) in [5.74, 6) is -0.0460. The molecule has 0 spiro atoms. The van der Waals surface area contributed by atoms with Gasteiger partial charge in [0.1, 0.15) is 0 Å². The number of rotatable bonds is 3. The molecule has 1 amide bonds. The first kappa shape index (κ1) is 12.7. The molecule has 16 heavy (non-hydrogen) atoms. The van der Waals surface area contributed by atoms with E-state index in [0.29, 0.717) is 5.56 Å². The van der Waals surface area contributed by atoms with E-state index in [1.165, 1.54) is 5.56 Å². The molecule has 0 aliphatic heterocycles. The predicted molar refractivity (Wildman–Crippen MR) is 66.4 cm³/mol. The summed E-state index contributed by atoms with van der Waals surface area (Å²) in [4.78, 5) is 11.3. The molecular formula is C13H20N2O. The van der Waals surface area contributed by atoms with E-state index in [1.807, 2.05) is 24.3 Å². The summed E-state index contributed by atoms with van der Waals surface area (Å²) in [5.41, 5.74) is 1.99. The zero-order chi connectivity index (χ0) is 12.2. The van der Waals surface area contributed by atoms with Crippen molar-refractivity contribution in [2.75, 3.05) is 7.05 Å². The van der Waals surface area contributed by atoms with Gasteiger partial charge in [-0.3, -0.25) is 4.79 Å². The smallest absolute Gasteiger partial charge is 0.251 e. The number of hydrogen-bond acceptors (Lipinski definition) is 2. The van der Waals surface area contributed by atoms with Crippen molar-refractivity contribution >= 4 is 5.91 Å². The predicted octanol–water partition coefficient (Wildman–Crippen LogP) is 1.93. The Kier molecular flexibility index (Phi) is 4.07. The van der Waals surface area contributed by atoms with Gasteiger partial charge in [-0.2, -0.15) is 0 Å². The van der Waals surface area contributed by atoms with E-state index < -0.39 is 0 Å². The fourth-order valence-electron chi connectivity index (χ4n) is 1.29. The topological polar surface area (TPSA) is 41.1 Å². The molecule has 2 N–H and O–H groups in total. The van der Waals surface area contributed by atoms with Crippen molar-refractivity contribution in [3.05, 3.63) is 35.4 Å². The van der Waals surface area contributed by atoms with E-state index in [2.05, 4.69) is 31.4 Å². The van der Waals surface area contributed by atoms with E-state index in [9.17, 15) is 4.79 Å². The first-order chi connectivity index (χ1) is 7.42. The second-order valence-corrected chi connectivity index (χ2v) is 4.88. The van der Waals surface area contributed by atoms with Gasteiger partial charge in [-0.25, -0.2) is 0 Å². The normalized spacial score (nSPS) is 11.2. The fraction of sp³-hybridized carbons (Fsp3) is 0.462. The minimum absolute atomic E-state index is 0.0460. The van der Waals surface area contributed by atoms with Crippen LogP contribution >= 0.6 is 0 Å². The lowest BCUT2D eigenvalue weighted by Gasteiger charge is -2.20. The summed E-state index contributed by atoms with van der Waals surface area (Å²) >= 11 is 0. The molecule has 88 valence electrons. The van der Waals surface area contributed by atoms with E-state index in [1.54, 1.807) is 7.05 Å². The zero-order valence-electron chi connectivity index (χ0n) is 10.4. The average molecular weight is 220 g/mol. The van der Waals surface area contributed by atoms with Crippen molar-refractivity contribution in [3.8, 4) is 0 Å². The number of carbonyl (C=O) groups is 1. The van der Waals surface area contributed by atoms with Gasteiger partial charge in [0.05, 0.1) is 0 Å². The van der Waals surface area contributed by atoms with Crippen LogP contribution in [-0.2, 0) is 6.54 Å². The van der Waals surface area contributed by atoms with Crippen LogP contribution < -0.4 is 10.6 Å². The Morgan fingerprint density at radius 1 is 1.19 bits per heavy atom. The quantitative estimate of drug-likeness (QED) is 0.817. The second-order valence-electron chi connectivity index (χ2n) is 4.88. The van der Waals surface area contributed by atoms with E-state index in [-0.39, 0.29) is 11.4 Å². The maximum absolute atomic E-state index is 11.3. The second kappa shape index (κ2) is 5.12. The Bertz CT molecular complexity index is 349. The highest BCUT2D eigenvalue weighted by Crippen LogP contribution is 2.06. The Morgan fingerprint density at radius 3 is 2.19 bits per heavy atom. The summed E-state index contributed by atoms with van der Waals surface area (Å²) in [7, 11) is 1.64. The molecule has 0 aliphatic rings. The number of benzene rings is 1. The zero-order valence-corrected chi connectivity index (χ0v) is 10.4. The van der Waals surface area contributed by atoms with Crippen LogP contribution in [0.3, 0.4) is 0 Å². The van der Waals surface area contributed by atoms with Crippen molar-refractivity contribution in [2.45, 2.75) is 32.9 Å². The molecule has 0 radical (unpaired) electrons.